The third-order valence-corrected chi connectivity index (χ3v) is 2.03. The van der Waals surface area contributed by atoms with Gasteiger partial charge < -0.3 is 0 Å². The average Bonchev–Trinajstić information content (AvgIpc) is 2.36. The molecule has 0 saturated heterocycles. The summed E-state index contributed by atoms with van der Waals surface area (Å²) in [5, 5.41) is 5.44. The van der Waals surface area contributed by atoms with Crippen molar-refractivity contribution in [2.75, 3.05) is 7.05 Å². The fourth-order valence-corrected chi connectivity index (χ4v) is 1.31. The zero-order chi connectivity index (χ0) is 9.42. The van der Waals surface area contributed by atoms with E-state index in [0.29, 0.717) is 6.61 Å². The highest BCUT2D eigenvalue weighted by molar-refractivity contribution is 5.74. The Labute approximate surface area is 75.8 Å². The molecule has 5 nitrogen and oxygen atoms in total. The molecule has 0 aromatic carbocycles. The van der Waals surface area contributed by atoms with E-state index in [1.807, 2.05) is 13.0 Å². The summed E-state index contributed by atoms with van der Waals surface area (Å²) in [5.74, 6) is -0.0816. The second-order valence-corrected chi connectivity index (χ2v) is 3.10. The number of aryl methyl sites for hydroxylation is 1. The van der Waals surface area contributed by atoms with Crippen LogP contribution in [0, 0.1) is 6.92 Å². The molecule has 0 radical (unpaired) electrons. The number of nitrogens with zero attached hydrogens (tertiary/aromatic N) is 3. The van der Waals surface area contributed by atoms with Gasteiger partial charge in [-0.15, -0.1) is 0 Å². The van der Waals surface area contributed by atoms with Gasteiger partial charge in [0.25, 0.3) is 5.91 Å². The van der Waals surface area contributed by atoms with Gasteiger partial charge >= 0.3 is 0 Å². The minimum Gasteiger partial charge on any atom is -0.270 e. The van der Waals surface area contributed by atoms with E-state index in [1.54, 1.807) is 11.7 Å². The largest absolute Gasteiger partial charge is 0.270 e. The first-order valence-corrected chi connectivity index (χ1v) is 4.09. The predicted octanol–water partition coefficient (Wildman–Crippen LogP) is 0.0951. The van der Waals surface area contributed by atoms with Crippen molar-refractivity contribution in [1.29, 1.82) is 0 Å². The van der Waals surface area contributed by atoms with Crippen molar-refractivity contribution in [3.05, 3.63) is 17.5 Å². The summed E-state index contributed by atoms with van der Waals surface area (Å²) in [6, 6.07) is 1.92. The van der Waals surface area contributed by atoms with E-state index in [9.17, 15) is 4.79 Å². The minimum atomic E-state index is -0.0816. The van der Waals surface area contributed by atoms with E-state index in [4.69, 9.17) is 4.84 Å². The van der Waals surface area contributed by atoms with Crippen LogP contribution in [-0.4, -0.2) is 27.8 Å². The Morgan fingerprint density at radius 1 is 1.62 bits per heavy atom. The highest BCUT2D eigenvalue weighted by atomic mass is 16.7. The first-order chi connectivity index (χ1) is 6.16. The van der Waals surface area contributed by atoms with Crippen LogP contribution in [0.15, 0.2) is 6.07 Å². The topological polar surface area (TPSA) is 47.4 Å². The highest BCUT2D eigenvalue weighted by Gasteiger charge is 2.18. The van der Waals surface area contributed by atoms with Crippen molar-refractivity contribution in [1.82, 2.24) is 14.8 Å². The van der Waals surface area contributed by atoms with Crippen LogP contribution in [0.25, 0.3) is 0 Å². The number of aromatic nitrogens is 2. The Balaban J connectivity index is 2.33. The first kappa shape index (κ1) is 8.25. The molecule has 0 aliphatic carbocycles. The summed E-state index contributed by atoms with van der Waals surface area (Å²) < 4.78 is 1.68. The van der Waals surface area contributed by atoms with Crippen molar-refractivity contribution < 1.29 is 9.63 Å². The third kappa shape index (κ3) is 1.42. The summed E-state index contributed by atoms with van der Waals surface area (Å²) in [5.41, 5.74) is 1.85. The predicted molar refractivity (Wildman–Crippen MR) is 44.5 cm³/mol. The van der Waals surface area contributed by atoms with Crippen molar-refractivity contribution in [3.8, 4) is 0 Å². The molecule has 70 valence electrons. The van der Waals surface area contributed by atoms with Crippen LogP contribution in [0.3, 0.4) is 0 Å². The summed E-state index contributed by atoms with van der Waals surface area (Å²) in [6.45, 7) is 2.57. The van der Waals surface area contributed by atoms with Crippen molar-refractivity contribution in [2.24, 2.45) is 0 Å². The van der Waals surface area contributed by atoms with Crippen LogP contribution in [0.4, 0.5) is 0 Å². The van der Waals surface area contributed by atoms with Crippen LogP contribution < -0.4 is 0 Å². The molecule has 0 bridgehead atoms. The number of carbonyl (C=O) groups is 1. The minimum absolute atomic E-state index is 0.0816. The van der Waals surface area contributed by atoms with Gasteiger partial charge in [0.15, 0.2) is 0 Å². The maximum absolute atomic E-state index is 11.3. The van der Waals surface area contributed by atoms with Gasteiger partial charge in [0, 0.05) is 7.05 Å². The lowest BCUT2D eigenvalue weighted by molar-refractivity contribution is -0.180. The van der Waals surface area contributed by atoms with Gasteiger partial charge in [-0.05, 0) is 13.0 Å². The van der Waals surface area contributed by atoms with Crippen LogP contribution in [0.1, 0.15) is 11.4 Å². The molecule has 0 unspecified atom stereocenters. The zero-order valence-corrected chi connectivity index (χ0v) is 7.65. The number of rotatable bonds is 0. The lowest BCUT2D eigenvalue weighted by atomic mass is 10.4. The monoisotopic (exact) mass is 181 g/mol. The van der Waals surface area contributed by atoms with E-state index >= 15 is 0 Å². The van der Waals surface area contributed by atoms with Gasteiger partial charge in [-0.2, -0.15) is 5.10 Å². The fraction of sp³-hybridized carbons (Fsp3) is 0.500. The second kappa shape index (κ2) is 2.85. The fourth-order valence-electron chi connectivity index (χ4n) is 1.31. The number of hydroxylamine groups is 2. The maximum atomic E-state index is 11.3. The number of likely N-dealkylation sites (N-methyl/N-ethyl adjacent to an activating group) is 1. The normalized spacial score (nSPS) is 17.1. The lowest BCUT2D eigenvalue weighted by Crippen LogP contribution is -2.27. The lowest BCUT2D eigenvalue weighted by Gasteiger charge is -2.11. The van der Waals surface area contributed by atoms with Gasteiger partial charge in [-0.3, -0.25) is 14.3 Å². The van der Waals surface area contributed by atoms with Gasteiger partial charge in [-0.25, -0.2) is 5.06 Å². The summed E-state index contributed by atoms with van der Waals surface area (Å²) in [7, 11) is 1.61. The first-order valence-electron chi connectivity index (χ1n) is 4.09. The second-order valence-electron chi connectivity index (χ2n) is 3.10. The average molecular weight is 181 g/mol. The SMILES string of the molecule is Cc1cc2n(n1)CC(=O)N(C)OC2. The number of hydrogen-bond acceptors (Lipinski definition) is 3. The maximum Gasteiger partial charge on any atom is 0.267 e. The van der Waals surface area contributed by atoms with E-state index < -0.39 is 0 Å². The van der Waals surface area contributed by atoms with Crippen LogP contribution in [-0.2, 0) is 22.8 Å². The molecule has 1 aliphatic rings. The number of amides is 1. The van der Waals surface area contributed by atoms with E-state index in [1.165, 1.54) is 5.06 Å². The van der Waals surface area contributed by atoms with E-state index in [-0.39, 0.29) is 12.5 Å². The highest BCUT2D eigenvalue weighted by Crippen LogP contribution is 2.10. The van der Waals surface area contributed by atoms with Crippen molar-refractivity contribution in [3.63, 3.8) is 0 Å². The van der Waals surface area contributed by atoms with Gasteiger partial charge in [0.1, 0.15) is 13.2 Å². The van der Waals surface area contributed by atoms with Gasteiger partial charge in [-0.1, -0.05) is 0 Å². The molecular weight excluding hydrogens is 170 g/mol. The molecule has 1 aromatic heterocycles. The van der Waals surface area contributed by atoms with Gasteiger partial charge in [0.05, 0.1) is 11.4 Å². The summed E-state index contributed by atoms with van der Waals surface area (Å²) >= 11 is 0. The van der Waals surface area contributed by atoms with Crippen molar-refractivity contribution >= 4 is 5.91 Å². The molecular formula is C8H11N3O2. The zero-order valence-electron chi connectivity index (χ0n) is 7.65. The molecule has 1 aliphatic heterocycles. The number of hydrogen-bond donors (Lipinski definition) is 0. The molecule has 0 N–H and O–H groups in total. The van der Waals surface area contributed by atoms with Crippen LogP contribution >= 0.6 is 0 Å². The molecule has 2 heterocycles. The van der Waals surface area contributed by atoms with E-state index in [2.05, 4.69) is 5.10 Å². The molecule has 0 saturated carbocycles. The Kier molecular flexibility index (Phi) is 1.81. The van der Waals surface area contributed by atoms with Crippen LogP contribution in [0.2, 0.25) is 0 Å². The Bertz CT molecular complexity index is 345. The van der Waals surface area contributed by atoms with Gasteiger partial charge in [0.2, 0.25) is 0 Å². The van der Waals surface area contributed by atoms with E-state index in [0.717, 1.165) is 11.4 Å². The molecule has 0 atom stereocenters. The van der Waals surface area contributed by atoms with Crippen molar-refractivity contribution in [2.45, 2.75) is 20.1 Å². The Morgan fingerprint density at radius 2 is 2.38 bits per heavy atom. The number of fused-ring (bicyclic) bond motifs is 1. The third-order valence-electron chi connectivity index (χ3n) is 2.03. The standard InChI is InChI=1S/C8H11N3O2/c1-6-3-7-5-13-10(2)8(12)4-11(7)9-6/h3H,4-5H2,1-2H3. The Morgan fingerprint density at radius 3 is 3.15 bits per heavy atom. The molecule has 1 amide bonds. The smallest absolute Gasteiger partial charge is 0.267 e. The molecule has 13 heavy (non-hydrogen) atoms. The molecule has 0 spiro atoms. The molecule has 0 fully saturated rings. The molecule has 2 rings (SSSR count). The van der Waals surface area contributed by atoms with Crippen LogP contribution in [0.5, 0.6) is 0 Å². The summed E-state index contributed by atoms with van der Waals surface area (Å²) in [4.78, 5) is 16.5. The number of carbonyl (C=O) groups excluding carboxylic acids is 1. The quantitative estimate of drug-likeness (QED) is 0.570. The Hall–Kier alpha value is -1.36. The molecule has 5 heteroatoms. The summed E-state index contributed by atoms with van der Waals surface area (Å²) in [6.07, 6.45) is 0. The molecule has 1 aromatic rings.